The standard InChI is InChI=1S/C64H121NO5/c1-3-5-7-9-11-13-15-17-19-20-21-22-23-24-25-26-29-32-36-40-44-48-52-56-62(67)61(60-66)65-63(68)57-53-49-45-41-37-33-30-27-31-35-39-43-47-51-55-59-70-64(69)58-54-50-46-42-38-34-28-18-16-14-12-10-8-6-4-2/h18,27-28,31,35,39,61-62,66-67H,3-17,19-26,29-30,32-34,36-38,40-60H2,1-2H3,(H,65,68)/b28-18-,31-27-,39-35-. The minimum Gasteiger partial charge on any atom is -0.466 e. The number of amides is 1. The van der Waals surface area contributed by atoms with E-state index >= 15 is 0 Å². The summed E-state index contributed by atoms with van der Waals surface area (Å²) >= 11 is 0. The van der Waals surface area contributed by atoms with E-state index in [-0.39, 0.29) is 18.5 Å². The van der Waals surface area contributed by atoms with Crippen molar-refractivity contribution in [2.75, 3.05) is 13.2 Å². The van der Waals surface area contributed by atoms with Crippen molar-refractivity contribution in [2.24, 2.45) is 0 Å². The van der Waals surface area contributed by atoms with Crippen molar-refractivity contribution in [1.29, 1.82) is 0 Å². The number of rotatable bonds is 58. The molecule has 0 radical (unpaired) electrons. The number of allylic oxidation sites excluding steroid dienone is 6. The van der Waals surface area contributed by atoms with Crippen molar-refractivity contribution in [1.82, 2.24) is 5.32 Å². The van der Waals surface area contributed by atoms with Gasteiger partial charge in [0.05, 0.1) is 25.4 Å². The third kappa shape index (κ3) is 55.4. The summed E-state index contributed by atoms with van der Waals surface area (Å²) in [7, 11) is 0. The van der Waals surface area contributed by atoms with Crippen molar-refractivity contribution in [3.63, 3.8) is 0 Å². The molecule has 0 aliphatic carbocycles. The highest BCUT2D eigenvalue weighted by Crippen LogP contribution is 2.18. The molecule has 70 heavy (non-hydrogen) atoms. The predicted molar refractivity (Wildman–Crippen MR) is 306 cm³/mol. The number of esters is 1. The van der Waals surface area contributed by atoms with E-state index in [0.29, 0.717) is 25.9 Å². The van der Waals surface area contributed by atoms with E-state index in [1.807, 2.05) is 0 Å². The zero-order valence-corrected chi connectivity index (χ0v) is 47.0. The van der Waals surface area contributed by atoms with Gasteiger partial charge >= 0.3 is 5.97 Å². The molecular weight excluding hydrogens is 863 g/mol. The molecular formula is C64H121NO5. The average Bonchev–Trinajstić information content (AvgIpc) is 3.36. The van der Waals surface area contributed by atoms with Crippen molar-refractivity contribution < 1.29 is 24.5 Å². The Morgan fingerprint density at radius 1 is 0.400 bits per heavy atom. The van der Waals surface area contributed by atoms with Crippen LogP contribution in [0.5, 0.6) is 0 Å². The summed E-state index contributed by atoms with van der Waals surface area (Å²) in [5.41, 5.74) is 0. The Balaban J connectivity index is 3.51. The maximum atomic E-state index is 12.5. The van der Waals surface area contributed by atoms with E-state index < -0.39 is 12.1 Å². The summed E-state index contributed by atoms with van der Waals surface area (Å²) in [5, 5.41) is 23.4. The molecule has 412 valence electrons. The first-order valence-electron chi connectivity index (χ1n) is 31.3. The molecule has 2 unspecified atom stereocenters. The van der Waals surface area contributed by atoms with Gasteiger partial charge in [-0.2, -0.15) is 0 Å². The van der Waals surface area contributed by atoms with Gasteiger partial charge in [0, 0.05) is 12.8 Å². The van der Waals surface area contributed by atoms with Gasteiger partial charge in [0.1, 0.15) is 0 Å². The molecule has 0 fully saturated rings. The molecule has 0 aliphatic heterocycles. The minimum atomic E-state index is -0.681. The molecule has 6 heteroatoms. The minimum absolute atomic E-state index is 0.0290. The summed E-state index contributed by atoms with van der Waals surface area (Å²) in [4.78, 5) is 24.6. The second kappa shape index (κ2) is 59.6. The summed E-state index contributed by atoms with van der Waals surface area (Å²) in [6, 6.07) is -0.560. The Morgan fingerprint density at radius 2 is 0.714 bits per heavy atom. The normalized spacial score (nSPS) is 12.8. The average molecular weight is 985 g/mol. The Hall–Kier alpha value is -1.92. The smallest absolute Gasteiger partial charge is 0.305 e. The monoisotopic (exact) mass is 984 g/mol. The lowest BCUT2D eigenvalue weighted by Crippen LogP contribution is -2.45. The quantitative estimate of drug-likeness (QED) is 0.0244. The number of aliphatic hydroxyl groups is 2. The van der Waals surface area contributed by atoms with Crippen LogP contribution in [0.25, 0.3) is 0 Å². The molecule has 0 aliphatic rings. The molecule has 0 saturated carbocycles. The van der Waals surface area contributed by atoms with Gasteiger partial charge in [0.15, 0.2) is 0 Å². The predicted octanol–water partition coefficient (Wildman–Crippen LogP) is 19.6. The number of ether oxygens (including phenoxy) is 1. The molecule has 0 saturated heterocycles. The molecule has 0 aromatic carbocycles. The molecule has 3 N–H and O–H groups in total. The number of aliphatic hydroxyl groups excluding tert-OH is 2. The van der Waals surface area contributed by atoms with Crippen LogP contribution in [-0.4, -0.2) is 47.4 Å². The highest BCUT2D eigenvalue weighted by molar-refractivity contribution is 5.76. The van der Waals surface area contributed by atoms with Crippen LogP contribution in [0.2, 0.25) is 0 Å². The Morgan fingerprint density at radius 3 is 1.10 bits per heavy atom. The molecule has 1 amide bonds. The van der Waals surface area contributed by atoms with Crippen LogP contribution in [0.4, 0.5) is 0 Å². The highest BCUT2D eigenvalue weighted by Gasteiger charge is 2.20. The van der Waals surface area contributed by atoms with E-state index in [1.165, 1.54) is 225 Å². The number of hydrogen-bond donors (Lipinski definition) is 3. The van der Waals surface area contributed by atoms with Gasteiger partial charge in [-0.3, -0.25) is 9.59 Å². The van der Waals surface area contributed by atoms with Crippen molar-refractivity contribution >= 4 is 11.9 Å². The SMILES string of the molecule is CCCCCCCC/C=C\CCCCCCCC(=O)OCCCCC/C=C\C=C/CCCCCCCCC(=O)NC(CO)C(O)CCCCCCCCCCCCCCCCCCCCCCCCC. The second-order valence-corrected chi connectivity index (χ2v) is 21.4. The number of carbonyl (C=O) groups is 2. The van der Waals surface area contributed by atoms with Gasteiger partial charge in [0.2, 0.25) is 5.91 Å². The van der Waals surface area contributed by atoms with Gasteiger partial charge in [-0.05, 0) is 83.5 Å². The lowest BCUT2D eigenvalue weighted by Gasteiger charge is -2.22. The van der Waals surface area contributed by atoms with Crippen LogP contribution in [0.15, 0.2) is 36.5 Å². The van der Waals surface area contributed by atoms with Crippen LogP contribution in [-0.2, 0) is 14.3 Å². The lowest BCUT2D eigenvalue weighted by molar-refractivity contribution is -0.143. The van der Waals surface area contributed by atoms with Gasteiger partial charge < -0.3 is 20.3 Å². The molecule has 6 nitrogen and oxygen atoms in total. The van der Waals surface area contributed by atoms with Crippen LogP contribution in [0.3, 0.4) is 0 Å². The van der Waals surface area contributed by atoms with Gasteiger partial charge in [0.25, 0.3) is 0 Å². The number of hydrogen-bond acceptors (Lipinski definition) is 5. The Labute approximate surface area is 436 Å². The molecule has 0 aromatic heterocycles. The molecule has 0 bridgehead atoms. The van der Waals surface area contributed by atoms with Gasteiger partial charge in [-0.1, -0.05) is 275 Å². The fraction of sp³-hybridized carbons (Fsp3) is 0.875. The van der Waals surface area contributed by atoms with Crippen LogP contribution in [0.1, 0.15) is 335 Å². The highest BCUT2D eigenvalue weighted by atomic mass is 16.5. The van der Waals surface area contributed by atoms with Crippen molar-refractivity contribution in [3.05, 3.63) is 36.5 Å². The first-order valence-corrected chi connectivity index (χ1v) is 31.3. The first-order chi connectivity index (χ1) is 34.5. The third-order valence-corrected chi connectivity index (χ3v) is 14.4. The fourth-order valence-corrected chi connectivity index (χ4v) is 9.63. The van der Waals surface area contributed by atoms with E-state index in [2.05, 4.69) is 55.6 Å². The fourth-order valence-electron chi connectivity index (χ4n) is 9.63. The number of unbranched alkanes of at least 4 members (excludes halogenated alkanes) is 42. The van der Waals surface area contributed by atoms with Crippen molar-refractivity contribution in [3.8, 4) is 0 Å². The molecule has 2 atom stereocenters. The maximum Gasteiger partial charge on any atom is 0.305 e. The Bertz CT molecular complexity index is 1130. The van der Waals surface area contributed by atoms with Gasteiger partial charge in [-0.25, -0.2) is 0 Å². The van der Waals surface area contributed by atoms with Gasteiger partial charge in [-0.15, -0.1) is 0 Å². The molecule has 0 rings (SSSR count). The van der Waals surface area contributed by atoms with E-state index in [0.717, 1.165) is 77.0 Å². The first kappa shape index (κ1) is 68.1. The summed E-state index contributed by atoms with van der Waals surface area (Å²) < 4.78 is 5.45. The number of carbonyl (C=O) groups excluding carboxylic acids is 2. The van der Waals surface area contributed by atoms with Crippen LogP contribution in [0, 0.1) is 0 Å². The lowest BCUT2D eigenvalue weighted by atomic mass is 10.0. The molecule has 0 heterocycles. The third-order valence-electron chi connectivity index (χ3n) is 14.4. The van der Waals surface area contributed by atoms with E-state index in [9.17, 15) is 19.8 Å². The van der Waals surface area contributed by atoms with Crippen LogP contribution >= 0.6 is 0 Å². The zero-order valence-electron chi connectivity index (χ0n) is 47.0. The second-order valence-electron chi connectivity index (χ2n) is 21.4. The number of nitrogens with one attached hydrogen (secondary N) is 1. The maximum absolute atomic E-state index is 12.5. The molecule has 0 spiro atoms. The van der Waals surface area contributed by atoms with E-state index in [1.54, 1.807) is 0 Å². The van der Waals surface area contributed by atoms with E-state index in [4.69, 9.17) is 4.74 Å². The zero-order chi connectivity index (χ0) is 50.7. The summed E-state index contributed by atoms with van der Waals surface area (Å²) in [5.74, 6) is -0.0839. The topological polar surface area (TPSA) is 95.9 Å². The summed E-state index contributed by atoms with van der Waals surface area (Å²) in [6.07, 6.45) is 74.4. The van der Waals surface area contributed by atoms with Crippen molar-refractivity contribution in [2.45, 2.75) is 347 Å². The largest absolute Gasteiger partial charge is 0.466 e. The van der Waals surface area contributed by atoms with Crippen LogP contribution < -0.4 is 5.32 Å². The Kier molecular flexibility index (Phi) is 58.0. The summed E-state index contributed by atoms with van der Waals surface area (Å²) in [6.45, 7) is 4.91. The molecule has 0 aromatic rings.